The summed E-state index contributed by atoms with van der Waals surface area (Å²) in [5, 5.41) is 9.14. The highest BCUT2D eigenvalue weighted by Gasteiger charge is 2.13. The van der Waals surface area contributed by atoms with Gasteiger partial charge in [-0.15, -0.1) is 0 Å². The summed E-state index contributed by atoms with van der Waals surface area (Å²) in [5.74, 6) is 0.875. The number of carbonyl (C=O) groups excluding carboxylic acids is 1. The summed E-state index contributed by atoms with van der Waals surface area (Å²) in [6, 6.07) is 21.5. The van der Waals surface area contributed by atoms with Crippen LogP contribution in [-0.4, -0.2) is 16.0 Å². The topological polar surface area (TPSA) is 68.0 Å². The van der Waals surface area contributed by atoms with Gasteiger partial charge in [0.1, 0.15) is 0 Å². The Morgan fingerprint density at radius 1 is 1.00 bits per heavy atom. The molecular weight excluding hydrogens is 406 g/mol. The Hall–Kier alpha value is -2.99. The van der Waals surface area contributed by atoms with Gasteiger partial charge in [-0.2, -0.15) is 4.98 Å². The molecule has 27 heavy (non-hydrogen) atoms. The van der Waals surface area contributed by atoms with Crippen molar-refractivity contribution in [3.05, 3.63) is 77.1 Å². The summed E-state index contributed by atoms with van der Waals surface area (Å²) < 4.78 is 6.18. The van der Waals surface area contributed by atoms with Crippen LogP contribution in [0.5, 0.6) is 0 Å². The molecule has 4 rings (SSSR count). The Balaban J connectivity index is 1.45. The zero-order valence-corrected chi connectivity index (χ0v) is 15.9. The van der Waals surface area contributed by atoms with E-state index in [1.807, 2.05) is 66.7 Å². The number of hydrogen-bond acceptors (Lipinski definition) is 4. The Morgan fingerprint density at radius 2 is 1.78 bits per heavy atom. The fourth-order valence-corrected chi connectivity index (χ4v) is 3.27. The number of anilines is 1. The Morgan fingerprint density at radius 3 is 2.67 bits per heavy atom. The lowest BCUT2D eigenvalue weighted by Crippen LogP contribution is -2.12. The molecule has 0 saturated heterocycles. The van der Waals surface area contributed by atoms with Crippen molar-refractivity contribution < 1.29 is 9.32 Å². The van der Waals surface area contributed by atoms with Crippen LogP contribution in [0.2, 0.25) is 0 Å². The number of amides is 1. The number of rotatable bonds is 5. The van der Waals surface area contributed by atoms with Gasteiger partial charge in [-0.05, 0) is 38.8 Å². The van der Waals surface area contributed by atoms with Gasteiger partial charge in [0.25, 0.3) is 0 Å². The van der Waals surface area contributed by atoms with Gasteiger partial charge in [-0.3, -0.25) is 4.79 Å². The predicted molar refractivity (Wildman–Crippen MR) is 108 cm³/mol. The van der Waals surface area contributed by atoms with Crippen molar-refractivity contribution >= 4 is 38.3 Å². The summed E-state index contributed by atoms with van der Waals surface area (Å²) in [4.78, 5) is 16.6. The van der Waals surface area contributed by atoms with E-state index >= 15 is 0 Å². The molecule has 1 N–H and O–H groups in total. The molecular formula is C21H16BrN3O2. The molecule has 1 aromatic heterocycles. The van der Waals surface area contributed by atoms with Gasteiger partial charge in [0.05, 0.1) is 5.69 Å². The number of fused-ring (bicyclic) bond motifs is 1. The van der Waals surface area contributed by atoms with E-state index < -0.39 is 0 Å². The van der Waals surface area contributed by atoms with Gasteiger partial charge in [0.15, 0.2) is 0 Å². The lowest BCUT2D eigenvalue weighted by Gasteiger charge is -2.05. The number of aromatic nitrogens is 2. The standard InChI is InChI=1S/C21H16BrN3O2/c22-17-10-3-4-11-18(17)23-19(26)12-13-20-24-21(25-27-20)16-9-5-7-14-6-1-2-8-15(14)16/h1-11H,12-13H2,(H,23,26). The van der Waals surface area contributed by atoms with Crippen LogP contribution in [0, 0.1) is 0 Å². The third kappa shape index (κ3) is 3.90. The van der Waals surface area contributed by atoms with Crippen LogP contribution in [0.4, 0.5) is 5.69 Å². The summed E-state index contributed by atoms with van der Waals surface area (Å²) >= 11 is 3.41. The van der Waals surface area contributed by atoms with Crippen molar-refractivity contribution in [1.82, 2.24) is 10.1 Å². The van der Waals surface area contributed by atoms with Crippen molar-refractivity contribution in [3.8, 4) is 11.4 Å². The SMILES string of the molecule is O=C(CCc1nc(-c2cccc3ccccc23)no1)Nc1ccccc1Br. The molecule has 0 radical (unpaired) electrons. The van der Waals surface area contributed by atoms with Crippen molar-refractivity contribution in [2.75, 3.05) is 5.32 Å². The van der Waals surface area contributed by atoms with Crippen LogP contribution in [0.3, 0.4) is 0 Å². The third-order valence-electron chi connectivity index (χ3n) is 4.21. The first-order valence-corrected chi connectivity index (χ1v) is 9.35. The number of para-hydroxylation sites is 1. The number of nitrogens with zero attached hydrogens (tertiary/aromatic N) is 2. The van der Waals surface area contributed by atoms with Crippen LogP contribution >= 0.6 is 15.9 Å². The summed E-state index contributed by atoms with van der Waals surface area (Å²) in [6.45, 7) is 0. The van der Waals surface area contributed by atoms with E-state index in [4.69, 9.17) is 4.52 Å². The molecule has 0 saturated carbocycles. The molecule has 6 heteroatoms. The molecule has 4 aromatic rings. The van der Waals surface area contributed by atoms with Gasteiger partial charge in [-0.1, -0.05) is 59.8 Å². The van der Waals surface area contributed by atoms with Crippen LogP contribution < -0.4 is 5.32 Å². The minimum atomic E-state index is -0.105. The quantitative estimate of drug-likeness (QED) is 0.479. The third-order valence-corrected chi connectivity index (χ3v) is 4.90. The minimum absolute atomic E-state index is 0.105. The van der Waals surface area contributed by atoms with E-state index in [0.717, 1.165) is 26.5 Å². The van der Waals surface area contributed by atoms with Gasteiger partial charge in [0, 0.05) is 22.9 Å². The van der Waals surface area contributed by atoms with E-state index in [1.165, 1.54) is 0 Å². The number of halogens is 1. The van der Waals surface area contributed by atoms with E-state index in [2.05, 4.69) is 31.4 Å². The van der Waals surface area contributed by atoms with Crippen LogP contribution in [0.25, 0.3) is 22.2 Å². The van der Waals surface area contributed by atoms with Crippen molar-refractivity contribution in [2.45, 2.75) is 12.8 Å². The molecule has 0 aliphatic heterocycles. The van der Waals surface area contributed by atoms with E-state index in [0.29, 0.717) is 18.1 Å². The molecule has 0 bridgehead atoms. The van der Waals surface area contributed by atoms with Crippen LogP contribution in [0.15, 0.2) is 75.7 Å². The van der Waals surface area contributed by atoms with Crippen molar-refractivity contribution in [1.29, 1.82) is 0 Å². The van der Waals surface area contributed by atoms with Gasteiger partial charge in [0.2, 0.25) is 17.6 Å². The van der Waals surface area contributed by atoms with Crippen LogP contribution in [0.1, 0.15) is 12.3 Å². The molecule has 1 amide bonds. The first-order valence-electron chi connectivity index (χ1n) is 8.56. The predicted octanol–water partition coefficient (Wildman–Crippen LogP) is 5.22. The Kier molecular flexibility index (Phi) is 4.98. The average molecular weight is 422 g/mol. The number of carbonyl (C=O) groups is 1. The van der Waals surface area contributed by atoms with Crippen LogP contribution in [-0.2, 0) is 11.2 Å². The second-order valence-electron chi connectivity index (χ2n) is 6.07. The zero-order chi connectivity index (χ0) is 18.6. The normalized spacial score (nSPS) is 10.9. The number of benzene rings is 3. The summed E-state index contributed by atoms with van der Waals surface area (Å²) in [6.07, 6.45) is 0.645. The van der Waals surface area contributed by atoms with Gasteiger partial charge in [-0.25, -0.2) is 0 Å². The Bertz CT molecular complexity index is 1100. The summed E-state index contributed by atoms with van der Waals surface area (Å²) in [7, 11) is 0. The number of nitrogens with one attached hydrogen (secondary N) is 1. The minimum Gasteiger partial charge on any atom is -0.339 e. The summed E-state index contributed by atoms with van der Waals surface area (Å²) in [5.41, 5.74) is 1.66. The molecule has 3 aromatic carbocycles. The molecule has 134 valence electrons. The number of aryl methyl sites for hydroxylation is 1. The smallest absolute Gasteiger partial charge is 0.227 e. The van der Waals surface area contributed by atoms with Gasteiger partial charge >= 0.3 is 0 Å². The fourth-order valence-electron chi connectivity index (χ4n) is 2.88. The molecule has 0 atom stereocenters. The molecule has 0 fully saturated rings. The average Bonchev–Trinajstić information content (AvgIpc) is 3.17. The number of hydrogen-bond donors (Lipinski definition) is 1. The molecule has 0 aliphatic carbocycles. The van der Waals surface area contributed by atoms with E-state index in [-0.39, 0.29) is 12.3 Å². The second kappa shape index (κ2) is 7.72. The molecule has 0 aliphatic rings. The first-order chi connectivity index (χ1) is 13.2. The highest BCUT2D eigenvalue weighted by molar-refractivity contribution is 9.10. The second-order valence-corrected chi connectivity index (χ2v) is 6.92. The molecule has 1 heterocycles. The maximum atomic E-state index is 12.2. The lowest BCUT2D eigenvalue weighted by atomic mass is 10.0. The van der Waals surface area contributed by atoms with Crippen molar-refractivity contribution in [2.24, 2.45) is 0 Å². The largest absolute Gasteiger partial charge is 0.339 e. The van der Waals surface area contributed by atoms with Gasteiger partial charge < -0.3 is 9.84 Å². The fraction of sp³-hybridized carbons (Fsp3) is 0.0952. The maximum absolute atomic E-state index is 12.2. The lowest BCUT2D eigenvalue weighted by molar-refractivity contribution is -0.116. The molecule has 5 nitrogen and oxygen atoms in total. The molecule has 0 spiro atoms. The van der Waals surface area contributed by atoms with E-state index in [9.17, 15) is 4.79 Å². The first kappa shape index (κ1) is 17.4. The molecule has 0 unspecified atom stereocenters. The Labute approximate surface area is 164 Å². The highest BCUT2D eigenvalue weighted by atomic mass is 79.9. The highest BCUT2D eigenvalue weighted by Crippen LogP contribution is 2.26. The zero-order valence-electron chi connectivity index (χ0n) is 14.4. The monoisotopic (exact) mass is 421 g/mol. The maximum Gasteiger partial charge on any atom is 0.227 e. The van der Waals surface area contributed by atoms with E-state index in [1.54, 1.807) is 0 Å². The van der Waals surface area contributed by atoms with Crippen molar-refractivity contribution in [3.63, 3.8) is 0 Å².